The molecule has 4 heterocycles. The number of nitrogens with two attached hydrogens (primary N) is 1. The lowest BCUT2D eigenvalue weighted by molar-refractivity contribution is -0.147. The molecule has 0 radical (unpaired) electrons. The van der Waals surface area contributed by atoms with Crippen LogP contribution in [-0.4, -0.2) is 51.9 Å². The minimum Gasteiger partial charge on any atom is -0.387 e. The van der Waals surface area contributed by atoms with Crippen molar-refractivity contribution in [3.8, 4) is 0 Å². The first-order valence-electron chi connectivity index (χ1n) is 7.55. The van der Waals surface area contributed by atoms with Crippen LogP contribution >= 0.6 is 0 Å². The van der Waals surface area contributed by atoms with Crippen LogP contribution in [0.2, 0.25) is 0 Å². The molecule has 1 spiro atoms. The van der Waals surface area contributed by atoms with Crippen molar-refractivity contribution in [2.75, 3.05) is 6.54 Å². The van der Waals surface area contributed by atoms with Gasteiger partial charge in [-0.1, -0.05) is 11.2 Å². The number of carbonyl (C=O) groups is 3. The molecule has 4 rings (SSSR count). The van der Waals surface area contributed by atoms with Crippen molar-refractivity contribution in [2.24, 2.45) is 10.9 Å². The maximum atomic E-state index is 12.6. The number of carbonyl (C=O) groups excluding carboxylic acids is 3. The van der Waals surface area contributed by atoms with Crippen molar-refractivity contribution in [2.45, 2.75) is 37.3 Å². The first-order valence-corrected chi connectivity index (χ1v) is 7.55. The van der Waals surface area contributed by atoms with Crippen LogP contribution in [0.5, 0.6) is 0 Å². The summed E-state index contributed by atoms with van der Waals surface area (Å²) in [6.45, 7) is 0.223. The third kappa shape index (κ3) is 1.90. The molecule has 0 aliphatic carbocycles. The molecule has 8 heteroatoms. The van der Waals surface area contributed by atoms with E-state index in [1.165, 1.54) is 4.90 Å². The summed E-state index contributed by atoms with van der Waals surface area (Å²) < 4.78 is 0. The number of fused-ring (bicyclic) bond motifs is 5. The second-order valence-electron chi connectivity index (χ2n) is 6.19. The monoisotopic (exact) mass is 316 g/mol. The fraction of sp³-hybridized carbons (Fsp3) is 0.467. The quantitative estimate of drug-likeness (QED) is 0.664. The summed E-state index contributed by atoms with van der Waals surface area (Å²) >= 11 is 0. The summed E-state index contributed by atoms with van der Waals surface area (Å²) in [5.41, 5.74) is 5.54. The maximum Gasteiger partial charge on any atom is 0.276 e. The van der Waals surface area contributed by atoms with Gasteiger partial charge in [0.05, 0.1) is 12.6 Å². The van der Waals surface area contributed by atoms with Gasteiger partial charge in [0.1, 0.15) is 5.70 Å². The average molecular weight is 316 g/mol. The van der Waals surface area contributed by atoms with Gasteiger partial charge in [-0.15, -0.1) is 0 Å². The van der Waals surface area contributed by atoms with E-state index in [4.69, 9.17) is 10.6 Å². The van der Waals surface area contributed by atoms with E-state index in [9.17, 15) is 14.4 Å². The Morgan fingerprint density at radius 3 is 2.96 bits per heavy atom. The molecular weight excluding hydrogens is 300 g/mol. The molecule has 0 saturated carbocycles. The highest BCUT2D eigenvalue weighted by molar-refractivity contribution is 6.06. The van der Waals surface area contributed by atoms with E-state index in [1.807, 2.05) is 0 Å². The normalized spacial score (nSPS) is 32.3. The molecule has 120 valence electrons. The predicted octanol–water partition coefficient (Wildman–Crippen LogP) is -0.379. The van der Waals surface area contributed by atoms with Crippen LogP contribution in [0, 0.1) is 0 Å². The SMILES string of the molecule is NC(=O)C1=CN2C(=CC1)C(=O)N1CC2C2(CC=NO2)CCC1=O. The molecule has 2 N–H and O–H groups in total. The number of allylic oxidation sites excluding steroid dienone is 1. The molecule has 4 aliphatic rings. The second kappa shape index (κ2) is 4.68. The zero-order valence-electron chi connectivity index (χ0n) is 12.4. The summed E-state index contributed by atoms with van der Waals surface area (Å²) in [4.78, 5) is 45.1. The molecule has 2 bridgehead atoms. The second-order valence-corrected chi connectivity index (χ2v) is 6.19. The number of hydrogen-bond donors (Lipinski definition) is 1. The summed E-state index contributed by atoms with van der Waals surface area (Å²) in [7, 11) is 0. The Hall–Kier alpha value is -2.64. The lowest BCUT2D eigenvalue weighted by atomic mass is 9.85. The Balaban J connectivity index is 1.81. The van der Waals surface area contributed by atoms with Crippen LogP contribution in [0.1, 0.15) is 25.7 Å². The maximum absolute atomic E-state index is 12.6. The van der Waals surface area contributed by atoms with E-state index in [-0.39, 0.29) is 37.2 Å². The van der Waals surface area contributed by atoms with Gasteiger partial charge in [-0.3, -0.25) is 19.3 Å². The van der Waals surface area contributed by atoms with Gasteiger partial charge in [0, 0.05) is 37.3 Å². The van der Waals surface area contributed by atoms with Gasteiger partial charge in [-0.2, -0.15) is 0 Å². The van der Waals surface area contributed by atoms with Crippen LogP contribution in [0.4, 0.5) is 0 Å². The van der Waals surface area contributed by atoms with Gasteiger partial charge < -0.3 is 15.5 Å². The molecular formula is C15H16N4O4. The fourth-order valence-corrected chi connectivity index (χ4v) is 3.67. The first-order chi connectivity index (χ1) is 11.0. The Morgan fingerprint density at radius 1 is 1.43 bits per heavy atom. The molecule has 3 amide bonds. The molecule has 0 aromatic carbocycles. The van der Waals surface area contributed by atoms with Crippen LogP contribution in [0.25, 0.3) is 0 Å². The number of amides is 3. The summed E-state index contributed by atoms with van der Waals surface area (Å²) in [5.74, 6) is -1.04. The molecule has 2 unspecified atom stereocenters. The number of primary amides is 1. The summed E-state index contributed by atoms with van der Waals surface area (Å²) in [5, 5.41) is 3.89. The van der Waals surface area contributed by atoms with Crippen molar-refractivity contribution < 1.29 is 19.2 Å². The Kier molecular flexibility index (Phi) is 2.84. The van der Waals surface area contributed by atoms with Crippen molar-refractivity contribution in [3.63, 3.8) is 0 Å². The van der Waals surface area contributed by atoms with Gasteiger partial charge in [0.2, 0.25) is 11.8 Å². The van der Waals surface area contributed by atoms with Crippen LogP contribution in [0.3, 0.4) is 0 Å². The zero-order valence-corrected chi connectivity index (χ0v) is 12.4. The summed E-state index contributed by atoms with van der Waals surface area (Å²) in [6.07, 6.45) is 6.52. The summed E-state index contributed by atoms with van der Waals surface area (Å²) in [6, 6.07) is -0.282. The van der Waals surface area contributed by atoms with Crippen LogP contribution in [0.15, 0.2) is 28.7 Å². The smallest absolute Gasteiger partial charge is 0.276 e. The Labute approximate surface area is 132 Å². The molecule has 2 saturated heterocycles. The number of piperazine rings is 1. The number of imide groups is 1. The van der Waals surface area contributed by atoms with E-state index in [1.54, 1.807) is 23.4 Å². The van der Waals surface area contributed by atoms with Crippen molar-refractivity contribution in [1.29, 1.82) is 0 Å². The highest BCUT2D eigenvalue weighted by atomic mass is 16.7. The topological polar surface area (TPSA) is 105 Å². The predicted molar refractivity (Wildman–Crippen MR) is 78.5 cm³/mol. The Morgan fingerprint density at radius 2 is 2.26 bits per heavy atom. The van der Waals surface area contributed by atoms with Crippen molar-refractivity contribution >= 4 is 23.9 Å². The van der Waals surface area contributed by atoms with Crippen molar-refractivity contribution in [3.05, 3.63) is 23.5 Å². The number of nitrogens with zero attached hydrogens (tertiary/aromatic N) is 3. The van der Waals surface area contributed by atoms with E-state index in [0.29, 0.717) is 24.1 Å². The van der Waals surface area contributed by atoms with Gasteiger partial charge >= 0.3 is 0 Å². The minimum absolute atomic E-state index is 0.197. The molecule has 0 aromatic heterocycles. The van der Waals surface area contributed by atoms with E-state index in [0.717, 1.165) is 0 Å². The van der Waals surface area contributed by atoms with Gasteiger partial charge in [-0.05, 0) is 6.42 Å². The molecule has 23 heavy (non-hydrogen) atoms. The number of hydrogen-bond acceptors (Lipinski definition) is 6. The third-order valence-electron chi connectivity index (χ3n) is 4.98. The van der Waals surface area contributed by atoms with Gasteiger partial charge in [0.15, 0.2) is 5.60 Å². The van der Waals surface area contributed by atoms with Gasteiger partial charge in [0.25, 0.3) is 5.91 Å². The molecule has 0 aromatic rings. The van der Waals surface area contributed by atoms with E-state index in [2.05, 4.69) is 5.16 Å². The van der Waals surface area contributed by atoms with Crippen molar-refractivity contribution in [1.82, 2.24) is 9.80 Å². The largest absolute Gasteiger partial charge is 0.387 e. The lowest BCUT2D eigenvalue weighted by Crippen LogP contribution is -2.61. The highest BCUT2D eigenvalue weighted by Gasteiger charge is 2.55. The molecule has 8 nitrogen and oxygen atoms in total. The van der Waals surface area contributed by atoms with E-state index >= 15 is 0 Å². The lowest BCUT2D eigenvalue weighted by Gasteiger charge is -2.46. The number of rotatable bonds is 1. The minimum atomic E-state index is -0.666. The molecule has 4 aliphatic heterocycles. The average Bonchev–Trinajstić information content (AvgIpc) is 2.97. The van der Waals surface area contributed by atoms with Crippen LogP contribution < -0.4 is 5.73 Å². The van der Waals surface area contributed by atoms with Gasteiger partial charge in [-0.25, -0.2) is 0 Å². The van der Waals surface area contributed by atoms with E-state index < -0.39 is 11.5 Å². The molecule has 2 atom stereocenters. The standard InChI is InChI=1S/C15H16N4O4/c16-13(21)9-1-2-10-14(22)19-8-11(18(10)7-9)15(4-3-12(19)20)5-6-17-23-15/h2,6-7,11H,1,3-5,8H2,(H2,16,21). The zero-order chi connectivity index (χ0) is 16.2. The highest BCUT2D eigenvalue weighted by Crippen LogP contribution is 2.41. The number of oxime groups is 1. The fourth-order valence-electron chi connectivity index (χ4n) is 3.67. The molecule has 2 fully saturated rings. The first kappa shape index (κ1) is 14.0. The third-order valence-corrected chi connectivity index (χ3v) is 4.98. The Bertz CT molecular complexity index is 700. The van der Waals surface area contributed by atoms with Crippen LogP contribution in [-0.2, 0) is 19.2 Å².